The summed E-state index contributed by atoms with van der Waals surface area (Å²) in [5.41, 5.74) is 0.224. The summed E-state index contributed by atoms with van der Waals surface area (Å²) in [5, 5.41) is 6.15. The van der Waals surface area contributed by atoms with E-state index in [1.54, 1.807) is 24.3 Å². The minimum atomic E-state index is -4.42. The van der Waals surface area contributed by atoms with Gasteiger partial charge in [0.1, 0.15) is 0 Å². The number of halogens is 6. The van der Waals surface area contributed by atoms with Gasteiger partial charge in [-0.25, -0.2) is 10.9 Å². The van der Waals surface area contributed by atoms with E-state index in [0.717, 1.165) is 0 Å². The van der Waals surface area contributed by atoms with Gasteiger partial charge in [0.05, 0.1) is 0 Å². The fourth-order valence-corrected chi connectivity index (χ4v) is 2.31. The van der Waals surface area contributed by atoms with Crippen LogP contribution >= 0.6 is 0 Å². The van der Waals surface area contributed by atoms with Gasteiger partial charge in [-0.3, -0.25) is 0 Å². The quantitative estimate of drug-likeness (QED) is 0.605. The fraction of sp³-hybridized carbons (Fsp3) is 0.250. The van der Waals surface area contributed by atoms with Crippen molar-refractivity contribution in [2.24, 2.45) is 10.2 Å². The Labute approximate surface area is 143 Å². The largest absolute Gasteiger partial charge is 0.442 e. The zero-order valence-electron chi connectivity index (χ0n) is 12.9. The van der Waals surface area contributed by atoms with Crippen molar-refractivity contribution in [1.82, 2.24) is 10.9 Å². The number of nitrogens with one attached hydrogen (secondary N) is 2. The summed E-state index contributed by atoms with van der Waals surface area (Å²) in [7, 11) is 0. The van der Waals surface area contributed by atoms with Gasteiger partial charge in [-0.15, -0.1) is 10.2 Å². The van der Waals surface area contributed by atoms with Gasteiger partial charge in [-0.2, -0.15) is 26.3 Å². The summed E-state index contributed by atoms with van der Waals surface area (Å²) in [6.07, 6.45) is -8.73. The van der Waals surface area contributed by atoms with Crippen LogP contribution in [0.25, 0.3) is 0 Å². The summed E-state index contributed by atoms with van der Waals surface area (Å²) in [5.74, 6) is 0. The zero-order valence-corrected chi connectivity index (χ0v) is 12.9. The fourth-order valence-electron chi connectivity index (χ4n) is 2.31. The molecule has 0 atom stereocenters. The van der Waals surface area contributed by atoms with Crippen LogP contribution < -0.4 is 10.9 Å². The molecule has 0 spiro atoms. The highest BCUT2D eigenvalue weighted by Crippen LogP contribution is 2.52. The summed E-state index contributed by atoms with van der Waals surface area (Å²) in [6.45, 7) is 0. The Morgan fingerprint density at radius 2 is 1.04 bits per heavy atom. The molecule has 138 valence electrons. The lowest BCUT2D eigenvalue weighted by molar-refractivity contribution is -0.166. The third-order valence-corrected chi connectivity index (χ3v) is 3.88. The molecule has 26 heavy (non-hydrogen) atoms. The van der Waals surface area contributed by atoms with Gasteiger partial charge in [-0.1, -0.05) is 60.7 Å². The first-order valence-corrected chi connectivity index (χ1v) is 7.35. The third-order valence-electron chi connectivity index (χ3n) is 3.88. The first-order chi connectivity index (χ1) is 12.1. The van der Waals surface area contributed by atoms with E-state index in [1.807, 2.05) is 0 Å². The maximum absolute atomic E-state index is 12.5. The summed E-state index contributed by atoms with van der Waals surface area (Å²) in [6, 6.07) is 15.1. The molecule has 0 radical (unpaired) electrons. The molecule has 2 aromatic rings. The maximum atomic E-state index is 12.5. The lowest BCUT2D eigenvalue weighted by atomic mass is 10.0. The minimum Gasteiger partial charge on any atom is -0.223 e. The molecule has 0 saturated carbocycles. The Kier molecular flexibility index (Phi) is 4.27. The van der Waals surface area contributed by atoms with Crippen molar-refractivity contribution >= 4 is 0 Å². The van der Waals surface area contributed by atoms with Crippen molar-refractivity contribution in [3.05, 3.63) is 71.8 Å². The smallest absolute Gasteiger partial charge is 0.223 e. The van der Waals surface area contributed by atoms with Gasteiger partial charge in [0.2, 0.25) is 5.66 Å². The molecular weight excluding hydrogens is 362 g/mol. The van der Waals surface area contributed by atoms with Crippen LogP contribution in [0.2, 0.25) is 0 Å². The zero-order chi connectivity index (χ0) is 19.1. The maximum Gasteiger partial charge on any atom is 0.442 e. The molecule has 0 aliphatic carbocycles. The molecule has 1 fully saturated rings. The minimum absolute atomic E-state index is 0.0718. The standard InChI is InChI=1S/C8H7F3N2.C8H5F3N2/c2*9-8(10,11)7(12-13-7)6-4-2-1-3-5-6/h1-5,12-13H;1-5H. The molecule has 10 heteroatoms. The molecular formula is C16H12F6N4. The lowest BCUT2D eigenvalue weighted by Gasteiger charge is -2.15. The van der Waals surface area contributed by atoms with Crippen LogP contribution in [0, 0.1) is 0 Å². The summed E-state index contributed by atoms with van der Waals surface area (Å²) >= 11 is 0. The molecule has 0 unspecified atom stereocenters. The molecule has 1 saturated heterocycles. The predicted octanol–water partition coefficient (Wildman–Crippen LogP) is 4.38. The number of hydrogen-bond acceptors (Lipinski definition) is 4. The molecule has 4 nitrogen and oxygen atoms in total. The number of alkyl halides is 6. The Morgan fingerprint density at radius 1 is 0.615 bits per heavy atom. The first-order valence-electron chi connectivity index (χ1n) is 7.35. The Morgan fingerprint density at radius 3 is 1.35 bits per heavy atom. The van der Waals surface area contributed by atoms with E-state index in [2.05, 4.69) is 21.1 Å². The molecule has 2 aromatic carbocycles. The van der Waals surface area contributed by atoms with Crippen molar-refractivity contribution in [1.29, 1.82) is 0 Å². The van der Waals surface area contributed by atoms with Gasteiger partial charge in [-0.05, 0) is 5.56 Å². The van der Waals surface area contributed by atoms with Crippen molar-refractivity contribution in [2.75, 3.05) is 0 Å². The predicted molar refractivity (Wildman–Crippen MR) is 79.5 cm³/mol. The molecule has 2 aliphatic rings. The van der Waals surface area contributed by atoms with E-state index in [9.17, 15) is 26.3 Å². The van der Waals surface area contributed by atoms with E-state index in [-0.39, 0.29) is 11.1 Å². The van der Waals surface area contributed by atoms with Crippen molar-refractivity contribution < 1.29 is 26.3 Å². The monoisotopic (exact) mass is 374 g/mol. The van der Waals surface area contributed by atoms with E-state index in [4.69, 9.17) is 0 Å². The van der Waals surface area contributed by atoms with Crippen molar-refractivity contribution in [3.8, 4) is 0 Å². The van der Waals surface area contributed by atoms with E-state index < -0.39 is 23.7 Å². The normalized spacial score (nSPS) is 19.3. The van der Waals surface area contributed by atoms with E-state index in [0.29, 0.717) is 0 Å². The number of hydrogen-bond donors (Lipinski definition) is 2. The van der Waals surface area contributed by atoms with Crippen LogP contribution in [0.5, 0.6) is 0 Å². The topological polar surface area (TPSA) is 68.6 Å². The highest BCUT2D eigenvalue weighted by atomic mass is 19.4. The Hall–Kier alpha value is -2.46. The van der Waals surface area contributed by atoms with Crippen molar-refractivity contribution in [2.45, 2.75) is 23.7 Å². The second kappa shape index (κ2) is 6.06. The van der Waals surface area contributed by atoms with Crippen LogP contribution in [-0.4, -0.2) is 12.4 Å². The SMILES string of the molecule is FC(F)(F)C1(c2ccccc2)N=N1.FC(F)(F)C1(c2ccccc2)NN1. The first kappa shape index (κ1) is 18.3. The van der Waals surface area contributed by atoms with Crippen LogP contribution in [-0.2, 0) is 11.3 Å². The van der Waals surface area contributed by atoms with Gasteiger partial charge in [0.15, 0.2) is 0 Å². The average molecular weight is 374 g/mol. The molecule has 0 amide bonds. The van der Waals surface area contributed by atoms with Gasteiger partial charge < -0.3 is 0 Å². The number of benzene rings is 2. The van der Waals surface area contributed by atoms with Gasteiger partial charge in [0.25, 0.3) is 0 Å². The summed E-state index contributed by atoms with van der Waals surface area (Å²) < 4.78 is 74.6. The van der Waals surface area contributed by atoms with Crippen LogP contribution in [0.3, 0.4) is 0 Å². The Bertz CT molecular complexity index is 724. The second-order valence-corrected chi connectivity index (χ2v) is 5.60. The number of hydrazine groups is 1. The number of rotatable bonds is 2. The molecule has 2 N–H and O–H groups in total. The Balaban J connectivity index is 0.000000151. The van der Waals surface area contributed by atoms with Crippen LogP contribution in [0.1, 0.15) is 11.1 Å². The second-order valence-electron chi connectivity index (χ2n) is 5.60. The summed E-state index contributed by atoms with van der Waals surface area (Å²) in [4.78, 5) is 0. The molecule has 0 bridgehead atoms. The molecule has 2 aliphatic heterocycles. The van der Waals surface area contributed by atoms with Crippen molar-refractivity contribution in [3.63, 3.8) is 0 Å². The molecule has 4 rings (SSSR count). The molecule has 0 aromatic heterocycles. The van der Waals surface area contributed by atoms with Crippen LogP contribution in [0.15, 0.2) is 70.9 Å². The van der Waals surface area contributed by atoms with E-state index in [1.165, 1.54) is 36.4 Å². The highest BCUT2D eigenvalue weighted by Gasteiger charge is 2.65. The average Bonchev–Trinajstić information content (AvgIpc) is 3.48. The van der Waals surface area contributed by atoms with Gasteiger partial charge >= 0.3 is 18.0 Å². The lowest BCUT2D eigenvalue weighted by Crippen LogP contribution is -2.34. The number of nitrogens with zero attached hydrogens (tertiary/aromatic N) is 2. The van der Waals surface area contributed by atoms with E-state index >= 15 is 0 Å². The highest BCUT2D eigenvalue weighted by molar-refractivity contribution is 5.30. The van der Waals surface area contributed by atoms with Crippen LogP contribution in [0.4, 0.5) is 26.3 Å². The molecule has 2 heterocycles. The third kappa shape index (κ3) is 3.17. The van der Waals surface area contributed by atoms with Gasteiger partial charge in [0, 0.05) is 5.56 Å².